The molecule has 0 saturated carbocycles. The lowest BCUT2D eigenvalue weighted by molar-refractivity contribution is 0.0102. The number of nitrogens with zero attached hydrogens (tertiary/aromatic N) is 1. The fraction of sp³-hybridized carbons (Fsp3) is 0.188. The Morgan fingerprint density at radius 2 is 1.96 bits per heavy atom. The second-order valence-electron chi connectivity index (χ2n) is 5.28. The van der Waals surface area contributed by atoms with E-state index in [2.05, 4.69) is 0 Å². The lowest BCUT2D eigenvalue weighted by Gasteiger charge is -2.16. The number of fused-ring (bicyclic) bond motifs is 1. The summed E-state index contributed by atoms with van der Waals surface area (Å²) < 4.78 is 85.3. The summed E-state index contributed by atoms with van der Waals surface area (Å²) >= 11 is 2.50. The molecule has 0 fully saturated rings. The molecule has 10 heteroatoms. The average molecular weight is 408 g/mol. The molecule has 3 rings (SSSR count). The summed E-state index contributed by atoms with van der Waals surface area (Å²) in [4.78, 5) is -0.975. The second kappa shape index (κ2) is 6.61. The first-order valence-corrected chi connectivity index (χ1v) is 8.46. The molecule has 2 atom stereocenters. The standard InChI is InChI=1S/C16H7ClF5NO2S/c17-8-3-7(6-23)4-9(5-8)25-11-2-1-10-13(12(11)15(19)20)26(24)16(21,22)14(10)18/h1-5,14-15H/t14-,26-/m1/s1. The van der Waals surface area contributed by atoms with Gasteiger partial charge in [0.1, 0.15) is 17.1 Å². The molecule has 0 radical (unpaired) electrons. The summed E-state index contributed by atoms with van der Waals surface area (Å²) in [7, 11) is 0. The Bertz CT molecular complexity index is 918. The van der Waals surface area contributed by atoms with E-state index in [9.17, 15) is 26.5 Å². The van der Waals surface area contributed by atoms with Crippen LogP contribution in [0.4, 0.5) is 22.0 Å². The van der Waals surface area contributed by atoms with E-state index in [1.165, 1.54) is 18.2 Å². The van der Waals surface area contributed by atoms with Gasteiger partial charge in [0.2, 0.25) is 6.17 Å². The van der Waals surface area contributed by atoms with Crippen LogP contribution in [-0.2, 0) is 11.2 Å². The Kier molecular flexibility index (Phi) is 4.77. The van der Waals surface area contributed by atoms with Crippen LogP contribution in [0.3, 0.4) is 0 Å². The largest absolute Gasteiger partial charge is 0.607 e. The van der Waals surface area contributed by atoms with Gasteiger partial charge in [0.05, 0.1) is 28.4 Å². The molecule has 26 heavy (non-hydrogen) atoms. The highest BCUT2D eigenvalue weighted by Crippen LogP contribution is 2.55. The predicted octanol–water partition coefficient (Wildman–Crippen LogP) is 5.67. The lowest BCUT2D eigenvalue weighted by Crippen LogP contribution is -2.27. The predicted molar refractivity (Wildman–Crippen MR) is 82.8 cm³/mol. The minimum absolute atomic E-state index is 0.0752. The molecule has 3 nitrogen and oxygen atoms in total. The van der Waals surface area contributed by atoms with Crippen molar-refractivity contribution in [3.8, 4) is 17.6 Å². The second-order valence-corrected chi connectivity index (χ2v) is 7.21. The third-order valence-electron chi connectivity index (χ3n) is 3.63. The normalized spacial score (nSPS) is 20.7. The zero-order valence-corrected chi connectivity index (χ0v) is 14.1. The molecule has 0 saturated heterocycles. The van der Waals surface area contributed by atoms with Gasteiger partial charge in [-0.05, 0) is 30.3 Å². The van der Waals surface area contributed by atoms with E-state index in [-0.39, 0.29) is 16.3 Å². The third kappa shape index (κ3) is 2.98. The molecule has 1 aliphatic heterocycles. The van der Waals surface area contributed by atoms with Crippen molar-refractivity contribution in [1.82, 2.24) is 0 Å². The summed E-state index contributed by atoms with van der Waals surface area (Å²) in [5, 5.41) is 4.66. The number of hydrogen-bond acceptors (Lipinski definition) is 3. The van der Waals surface area contributed by atoms with Crippen LogP contribution in [-0.4, -0.2) is 9.81 Å². The molecule has 0 unspecified atom stereocenters. The Balaban J connectivity index is 2.13. The Labute approximate surface area is 152 Å². The van der Waals surface area contributed by atoms with E-state index < -0.39 is 50.8 Å². The zero-order chi connectivity index (χ0) is 19.2. The van der Waals surface area contributed by atoms with E-state index in [4.69, 9.17) is 21.6 Å². The highest BCUT2D eigenvalue weighted by Gasteiger charge is 2.63. The summed E-state index contributed by atoms with van der Waals surface area (Å²) in [5.41, 5.74) is -1.77. The van der Waals surface area contributed by atoms with Crippen molar-refractivity contribution in [1.29, 1.82) is 5.26 Å². The molecular formula is C16H7ClF5NO2S. The van der Waals surface area contributed by atoms with Crippen LogP contribution in [0.15, 0.2) is 35.2 Å². The zero-order valence-electron chi connectivity index (χ0n) is 12.5. The maximum Gasteiger partial charge on any atom is 0.447 e. The summed E-state index contributed by atoms with van der Waals surface area (Å²) in [6.07, 6.45) is -6.30. The van der Waals surface area contributed by atoms with Gasteiger partial charge in [-0.2, -0.15) is 14.0 Å². The lowest BCUT2D eigenvalue weighted by atomic mass is 10.1. The molecule has 0 N–H and O–H groups in total. The van der Waals surface area contributed by atoms with Crippen molar-refractivity contribution in [2.45, 2.75) is 22.7 Å². The molecule has 2 aromatic carbocycles. The van der Waals surface area contributed by atoms with Crippen LogP contribution < -0.4 is 4.74 Å². The number of halogens is 6. The molecule has 0 aliphatic carbocycles. The fourth-order valence-corrected chi connectivity index (χ4v) is 4.11. The highest BCUT2D eigenvalue weighted by atomic mass is 35.5. The van der Waals surface area contributed by atoms with Crippen LogP contribution in [0, 0.1) is 11.3 Å². The molecule has 0 aromatic heterocycles. The van der Waals surface area contributed by atoms with Crippen LogP contribution in [0.1, 0.15) is 29.3 Å². The summed E-state index contributed by atoms with van der Waals surface area (Å²) in [6, 6.07) is 7.21. The minimum atomic E-state index is -4.31. The van der Waals surface area contributed by atoms with Crippen molar-refractivity contribution >= 4 is 22.8 Å². The first-order valence-electron chi connectivity index (χ1n) is 6.94. The molecule has 0 amide bonds. The summed E-state index contributed by atoms with van der Waals surface area (Å²) in [5.74, 6) is -0.689. The third-order valence-corrected chi connectivity index (χ3v) is 5.38. The van der Waals surface area contributed by atoms with Crippen LogP contribution in [0.2, 0.25) is 5.02 Å². The quantitative estimate of drug-likeness (QED) is 0.487. The number of ether oxygens (including phenoxy) is 1. The van der Waals surface area contributed by atoms with E-state index in [1.54, 1.807) is 6.07 Å². The van der Waals surface area contributed by atoms with E-state index in [0.29, 0.717) is 0 Å². The Hall–Kier alpha value is -2.02. The van der Waals surface area contributed by atoms with Gasteiger partial charge >= 0.3 is 5.25 Å². The summed E-state index contributed by atoms with van der Waals surface area (Å²) in [6.45, 7) is 0. The smallest absolute Gasteiger partial charge is 0.447 e. The van der Waals surface area contributed by atoms with Crippen molar-refractivity contribution < 1.29 is 31.2 Å². The van der Waals surface area contributed by atoms with Crippen LogP contribution in [0.25, 0.3) is 0 Å². The number of nitriles is 1. The SMILES string of the molecule is N#Cc1cc(Cl)cc(Oc2ccc3c(c2C(F)F)[S@@+]([O-])C(F)(F)[C@@H]3F)c1. The van der Waals surface area contributed by atoms with Crippen molar-refractivity contribution in [2.24, 2.45) is 0 Å². The number of alkyl halides is 5. The maximum atomic E-state index is 13.8. The molecule has 0 spiro atoms. The fourth-order valence-electron chi connectivity index (χ4n) is 2.52. The van der Waals surface area contributed by atoms with Crippen LogP contribution in [0.5, 0.6) is 11.5 Å². The molecule has 136 valence electrons. The number of rotatable bonds is 3. The van der Waals surface area contributed by atoms with E-state index in [0.717, 1.165) is 12.1 Å². The highest BCUT2D eigenvalue weighted by molar-refractivity contribution is 7.93. The molecule has 2 aromatic rings. The van der Waals surface area contributed by atoms with Gasteiger partial charge in [-0.25, -0.2) is 13.2 Å². The van der Waals surface area contributed by atoms with Gasteiger partial charge in [0.15, 0.2) is 4.90 Å². The van der Waals surface area contributed by atoms with Crippen molar-refractivity contribution in [2.75, 3.05) is 0 Å². The van der Waals surface area contributed by atoms with Crippen molar-refractivity contribution in [3.63, 3.8) is 0 Å². The number of benzene rings is 2. The maximum absolute atomic E-state index is 13.8. The minimum Gasteiger partial charge on any atom is -0.607 e. The molecular weight excluding hydrogens is 401 g/mol. The average Bonchev–Trinajstić information content (AvgIpc) is 2.74. The van der Waals surface area contributed by atoms with Gasteiger partial charge in [-0.3, -0.25) is 0 Å². The van der Waals surface area contributed by atoms with Gasteiger partial charge < -0.3 is 9.29 Å². The molecule has 1 aliphatic rings. The number of hydrogen-bond donors (Lipinski definition) is 0. The topological polar surface area (TPSA) is 56.1 Å². The van der Waals surface area contributed by atoms with Gasteiger partial charge in [0, 0.05) is 5.02 Å². The Morgan fingerprint density at radius 1 is 1.27 bits per heavy atom. The van der Waals surface area contributed by atoms with Gasteiger partial charge in [-0.1, -0.05) is 11.6 Å². The molecule has 0 bridgehead atoms. The first kappa shape index (κ1) is 18.8. The monoisotopic (exact) mass is 407 g/mol. The first-order chi connectivity index (χ1) is 12.2. The Morgan fingerprint density at radius 3 is 2.58 bits per heavy atom. The van der Waals surface area contributed by atoms with Gasteiger partial charge in [0.25, 0.3) is 6.43 Å². The molecule has 1 heterocycles. The van der Waals surface area contributed by atoms with Crippen LogP contribution >= 0.6 is 11.6 Å². The van der Waals surface area contributed by atoms with Crippen molar-refractivity contribution in [3.05, 3.63) is 52.0 Å². The van der Waals surface area contributed by atoms with E-state index >= 15 is 0 Å². The van der Waals surface area contributed by atoms with Gasteiger partial charge in [-0.15, -0.1) is 0 Å². The van der Waals surface area contributed by atoms with E-state index in [1.807, 2.05) is 0 Å².